The number of hydrogen-bond donors (Lipinski definition) is 0. The van der Waals surface area contributed by atoms with Gasteiger partial charge in [0, 0.05) is 5.03 Å². The Morgan fingerprint density at radius 1 is 1.30 bits per heavy atom. The molecule has 3 unspecified atom stereocenters. The SMILES string of the molecule is C/C(Cl)=C\C1C(C(=O)OCc2cccc(CC3C=CC=CC3)c2C)C1(C)C. The fraction of sp³-hybridized carbons (Fsp3) is 0.458. The van der Waals surface area contributed by atoms with E-state index in [1.807, 2.05) is 13.0 Å². The van der Waals surface area contributed by atoms with Crippen LogP contribution in [-0.2, 0) is 22.6 Å². The van der Waals surface area contributed by atoms with Gasteiger partial charge in [0.15, 0.2) is 0 Å². The van der Waals surface area contributed by atoms with Gasteiger partial charge in [-0.05, 0) is 60.6 Å². The van der Waals surface area contributed by atoms with E-state index in [1.54, 1.807) is 0 Å². The summed E-state index contributed by atoms with van der Waals surface area (Å²) in [6.45, 7) is 8.51. The van der Waals surface area contributed by atoms with Gasteiger partial charge in [0.1, 0.15) is 6.61 Å². The first kappa shape index (κ1) is 19.9. The predicted molar refractivity (Wildman–Crippen MR) is 111 cm³/mol. The number of esters is 1. The Bertz CT molecular complexity index is 797. The van der Waals surface area contributed by atoms with Gasteiger partial charge in [0.25, 0.3) is 0 Å². The molecule has 3 atom stereocenters. The Kier molecular flexibility index (Phi) is 5.95. The van der Waals surface area contributed by atoms with Crippen LogP contribution in [-0.4, -0.2) is 5.97 Å². The minimum atomic E-state index is -0.121. The van der Waals surface area contributed by atoms with Crippen LogP contribution < -0.4 is 0 Å². The van der Waals surface area contributed by atoms with Crippen LogP contribution in [0.4, 0.5) is 0 Å². The molecule has 0 saturated heterocycles. The van der Waals surface area contributed by atoms with Crippen LogP contribution in [0.15, 0.2) is 53.6 Å². The quantitative estimate of drug-likeness (QED) is 0.551. The van der Waals surface area contributed by atoms with Gasteiger partial charge in [0.2, 0.25) is 0 Å². The molecule has 0 radical (unpaired) electrons. The van der Waals surface area contributed by atoms with Crippen molar-refractivity contribution in [2.24, 2.45) is 23.2 Å². The smallest absolute Gasteiger partial charge is 0.310 e. The molecular formula is C24H29ClO2. The highest BCUT2D eigenvalue weighted by Crippen LogP contribution is 2.60. The van der Waals surface area contributed by atoms with Crippen LogP contribution in [0.1, 0.15) is 43.9 Å². The van der Waals surface area contributed by atoms with Gasteiger partial charge in [-0.15, -0.1) is 0 Å². The third kappa shape index (κ3) is 4.55. The lowest BCUT2D eigenvalue weighted by Crippen LogP contribution is -2.12. The van der Waals surface area contributed by atoms with E-state index in [-0.39, 0.29) is 23.2 Å². The molecule has 0 spiro atoms. The highest BCUT2D eigenvalue weighted by atomic mass is 35.5. The molecular weight excluding hydrogens is 356 g/mol. The average molecular weight is 385 g/mol. The van der Waals surface area contributed by atoms with Crippen LogP contribution in [0.25, 0.3) is 0 Å². The van der Waals surface area contributed by atoms with Gasteiger partial charge in [-0.2, -0.15) is 0 Å². The number of rotatable bonds is 6. The van der Waals surface area contributed by atoms with Gasteiger partial charge >= 0.3 is 5.97 Å². The molecule has 1 aromatic rings. The zero-order valence-corrected chi connectivity index (χ0v) is 17.4. The number of carbonyl (C=O) groups is 1. The number of allylic oxidation sites excluding steroid dienone is 6. The van der Waals surface area contributed by atoms with Crippen LogP contribution in [0.2, 0.25) is 0 Å². The number of hydrogen-bond acceptors (Lipinski definition) is 2. The van der Waals surface area contributed by atoms with Gasteiger partial charge in [0.05, 0.1) is 5.92 Å². The third-order valence-corrected chi connectivity index (χ3v) is 6.18. The molecule has 0 N–H and O–H groups in total. The third-order valence-electron chi connectivity index (χ3n) is 6.05. The van der Waals surface area contributed by atoms with E-state index in [9.17, 15) is 4.79 Å². The molecule has 0 aliphatic heterocycles. The summed E-state index contributed by atoms with van der Waals surface area (Å²) in [5.41, 5.74) is 3.58. The average Bonchev–Trinajstić information content (AvgIpc) is 3.15. The van der Waals surface area contributed by atoms with Crippen LogP contribution in [0, 0.1) is 30.1 Å². The van der Waals surface area contributed by atoms with Gasteiger partial charge < -0.3 is 4.74 Å². The summed E-state index contributed by atoms with van der Waals surface area (Å²) in [5.74, 6) is 0.490. The highest BCUT2D eigenvalue weighted by Gasteiger charge is 2.61. The molecule has 2 aliphatic carbocycles. The summed E-state index contributed by atoms with van der Waals surface area (Å²) in [6.07, 6.45) is 12.8. The molecule has 2 nitrogen and oxygen atoms in total. The van der Waals surface area contributed by atoms with Crippen LogP contribution in [0.5, 0.6) is 0 Å². The number of carbonyl (C=O) groups excluding carboxylic acids is 1. The lowest BCUT2D eigenvalue weighted by molar-refractivity contribution is -0.147. The molecule has 0 aromatic heterocycles. The fourth-order valence-corrected chi connectivity index (χ4v) is 4.24. The molecule has 3 heteroatoms. The van der Waals surface area contributed by atoms with E-state index in [4.69, 9.17) is 16.3 Å². The molecule has 1 fully saturated rings. The van der Waals surface area contributed by atoms with Crippen molar-refractivity contribution < 1.29 is 9.53 Å². The fourth-order valence-electron chi connectivity index (χ4n) is 4.10. The van der Waals surface area contributed by atoms with Crippen molar-refractivity contribution in [2.45, 2.75) is 47.1 Å². The molecule has 1 aromatic carbocycles. The van der Waals surface area contributed by atoms with Crippen molar-refractivity contribution in [1.29, 1.82) is 0 Å². The summed E-state index contributed by atoms with van der Waals surface area (Å²) in [4.78, 5) is 12.6. The van der Waals surface area contributed by atoms with Gasteiger partial charge in [-0.3, -0.25) is 4.79 Å². The second-order valence-corrected chi connectivity index (χ2v) is 9.00. The zero-order chi connectivity index (χ0) is 19.6. The summed E-state index contributed by atoms with van der Waals surface area (Å²) in [5, 5.41) is 0.735. The lowest BCUT2D eigenvalue weighted by Gasteiger charge is -2.17. The highest BCUT2D eigenvalue weighted by molar-refractivity contribution is 6.29. The van der Waals surface area contributed by atoms with E-state index in [0.717, 1.165) is 23.4 Å². The first-order chi connectivity index (χ1) is 12.8. The molecule has 144 valence electrons. The van der Waals surface area contributed by atoms with Crippen LogP contribution >= 0.6 is 11.6 Å². The summed E-state index contributed by atoms with van der Waals surface area (Å²) in [6, 6.07) is 6.30. The van der Waals surface area contributed by atoms with Gasteiger partial charge in [-0.1, -0.05) is 74.0 Å². The number of benzene rings is 1. The molecule has 0 amide bonds. The second kappa shape index (κ2) is 8.06. The molecule has 3 rings (SSSR count). The molecule has 1 saturated carbocycles. The number of halogens is 1. The zero-order valence-electron chi connectivity index (χ0n) is 16.7. The maximum Gasteiger partial charge on any atom is 0.310 e. The normalized spacial score (nSPS) is 26.1. The van der Waals surface area contributed by atoms with Crippen molar-refractivity contribution >= 4 is 17.6 Å². The summed E-state index contributed by atoms with van der Waals surface area (Å²) in [7, 11) is 0. The van der Waals surface area contributed by atoms with E-state index in [2.05, 4.69) is 63.3 Å². The van der Waals surface area contributed by atoms with Crippen molar-refractivity contribution in [1.82, 2.24) is 0 Å². The maximum absolute atomic E-state index is 12.6. The van der Waals surface area contributed by atoms with E-state index in [0.29, 0.717) is 12.5 Å². The van der Waals surface area contributed by atoms with Crippen molar-refractivity contribution in [3.63, 3.8) is 0 Å². The minimum Gasteiger partial charge on any atom is -0.461 e. The molecule has 2 aliphatic rings. The Hall–Kier alpha value is -1.80. The second-order valence-electron chi connectivity index (χ2n) is 8.40. The first-order valence-electron chi connectivity index (χ1n) is 9.72. The summed E-state index contributed by atoms with van der Waals surface area (Å²) >= 11 is 6.00. The standard InChI is InChI=1S/C24H29ClO2/c1-16(25)13-21-22(24(21,3)4)23(26)27-15-20-12-8-11-19(17(20)2)14-18-9-6-5-7-10-18/h5-9,11-13,18,21-22H,10,14-15H2,1-4H3/b16-13+. The monoisotopic (exact) mass is 384 g/mol. The van der Waals surface area contributed by atoms with Crippen molar-refractivity contribution in [3.05, 3.63) is 70.3 Å². The molecule has 0 heterocycles. The topological polar surface area (TPSA) is 26.3 Å². The largest absolute Gasteiger partial charge is 0.461 e. The van der Waals surface area contributed by atoms with E-state index >= 15 is 0 Å². The Morgan fingerprint density at radius 2 is 2.04 bits per heavy atom. The van der Waals surface area contributed by atoms with Crippen molar-refractivity contribution in [3.8, 4) is 0 Å². The summed E-state index contributed by atoms with van der Waals surface area (Å²) < 4.78 is 5.69. The van der Waals surface area contributed by atoms with Crippen LogP contribution in [0.3, 0.4) is 0 Å². The number of ether oxygens (including phenoxy) is 1. The van der Waals surface area contributed by atoms with E-state index in [1.165, 1.54) is 11.1 Å². The Morgan fingerprint density at radius 3 is 2.70 bits per heavy atom. The van der Waals surface area contributed by atoms with Gasteiger partial charge in [-0.25, -0.2) is 0 Å². The van der Waals surface area contributed by atoms with Crippen molar-refractivity contribution in [2.75, 3.05) is 0 Å². The minimum absolute atomic E-state index is 0.0784. The predicted octanol–water partition coefficient (Wildman–Crippen LogP) is 6.13. The molecule has 27 heavy (non-hydrogen) atoms. The maximum atomic E-state index is 12.6. The lowest BCUT2D eigenvalue weighted by atomic mass is 9.90. The first-order valence-corrected chi connectivity index (χ1v) is 10.1. The van der Waals surface area contributed by atoms with E-state index < -0.39 is 0 Å². The molecule has 0 bridgehead atoms. The Labute approximate surface area is 167 Å². The Balaban J connectivity index is 1.62.